The molecule has 0 saturated carbocycles. The Morgan fingerprint density at radius 1 is 1.40 bits per heavy atom. The van der Waals surface area contributed by atoms with Crippen molar-refractivity contribution in [2.24, 2.45) is 0 Å². The molecule has 1 fully saturated rings. The number of thioether (sulfide) groups is 1. The van der Waals surface area contributed by atoms with Gasteiger partial charge in [-0.25, -0.2) is 4.79 Å². The van der Waals surface area contributed by atoms with Gasteiger partial charge in [0.2, 0.25) is 0 Å². The number of nitrogens with one attached hydrogen (secondary N) is 2. The van der Waals surface area contributed by atoms with Gasteiger partial charge in [0.25, 0.3) is 0 Å². The average Bonchev–Trinajstić information content (AvgIpc) is 2.49. The maximum Gasteiger partial charge on any atom is 0.315 e. The number of carbonyl (C=O) groups is 1. The molecule has 0 aromatic heterocycles. The average molecular weight is 294 g/mol. The molecule has 0 spiro atoms. The molecule has 20 heavy (non-hydrogen) atoms. The number of aliphatic hydroxyl groups is 1. The fourth-order valence-corrected chi connectivity index (χ4v) is 3.45. The van der Waals surface area contributed by atoms with Gasteiger partial charge in [-0.15, -0.1) is 0 Å². The fraction of sp³-hybridized carbons (Fsp3) is 0.533. The van der Waals surface area contributed by atoms with E-state index in [-0.39, 0.29) is 24.7 Å². The van der Waals surface area contributed by atoms with Crippen LogP contribution in [0.3, 0.4) is 0 Å². The Labute approximate surface area is 124 Å². The van der Waals surface area contributed by atoms with E-state index in [1.807, 2.05) is 42.1 Å². The number of hydrogen-bond acceptors (Lipinski definition) is 3. The first-order valence-electron chi connectivity index (χ1n) is 7.10. The second kappa shape index (κ2) is 8.17. The van der Waals surface area contributed by atoms with Crippen molar-refractivity contribution < 1.29 is 9.90 Å². The van der Waals surface area contributed by atoms with Gasteiger partial charge < -0.3 is 15.7 Å². The van der Waals surface area contributed by atoms with Gasteiger partial charge in [-0.05, 0) is 30.6 Å². The first-order chi connectivity index (χ1) is 9.79. The summed E-state index contributed by atoms with van der Waals surface area (Å²) in [5.41, 5.74) is 1.02. The van der Waals surface area contributed by atoms with Crippen LogP contribution in [0.15, 0.2) is 30.3 Å². The lowest BCUT2D eigenvalue weighted by Gasteiger charge is -2.25. The zero-order valence-corrected chi connectivity index (χ0v) is 12.4. The zero-order chi connectivity index (χ0) is 14.2. The van der Waals surface area contributed by atoms with E-state index in [4.69, 9.17) is 5.11 Å². The molecule has 2 amide bonds. The summed E-state index contributed by atoms with van der Waals surface area (Å²) in [4.78, 5) is 12.1. The summed E-state index contributed by atoms with van der Waals surface area (Å²) >= 11 is 1.89. The van der Waals surface area contributed by atoms with E-state index in [2.05, 4.69) is 10.6 Å². The third kappa shape index (κ3) is 4.72. The maximum absolute atomic E-state index is 12.1. The van der Waals surface area contributed by atoms with Gasteiger partial charge in [0, 0.05) is 18.4 Å². The first kappa shape index (κ1) is 15.2. The topological polar surface area (TPSA) is 61.4 Å². The van der Waals surface area contributed by atoms with Crippen molar-refractivity contribution in [2.45, 2.75) is 31.3 Å². The van der Waals surface area contributed by atoms with E-state index >= 15 is 0 Å². The van der Waals surface area contributed by atoms with E-state index in [9.17, 15) is 4.79 Å². The zero-order valence-electron chi connectivity index (χ0n) is 11.5. The summed E-state index contributed by atoms with van der Waals surface area (Å²) in [6, 6.07) is 9.75. The van der Waals surface area contributed by atoms with Crippen molar-refractivity contribution in [3.05, 3.63) is 35.9 Å². The molecule has 4 nitrogen and oxygen atoms in total. The van der Waals surface area contributed by atoms with E-state index in [0.717, 1.165) is 24.2 Å². The molecule has 1 heterocycles. The number of carbonyl (C=O) groups excluding carboxylic acids is 1. The number of benzene rings is 1. The minimum atomic E-state index is -0.141. The summed E-state index contributed by atoms with van der Waals surface area (Å²) < 4.78 is 0. The van der Waals surface area contributed by atoms with E-state index in [0.29, 0.717) is 6.42 Å². The Morgan fingerprint density at radius 3 is 2.85 bits per heavy atom. The van der Waals surface area contributed by atoms with Gasteiger partial charge in [0.15, 0.2) is 0 Å². The third-order valence-electron chi connectivity index (χ3n) is 3.42. The molecule has 1 unspecified atom stereocenters. The second-order valence-corrected chi connectivity index (χ2v) is 6.16. The number of urea groups is 1. The van der Waals surface area contributed by atoms with Crippen LogP contribution in [0.2, 0.25) is 0 Å². The van der Waals surface area contributed by atoms with Crippen LogP contribution in [0, 0.1) is 0 Å². The van der Waals surface area contributed by atoms with Crippen LogP contribution < -0.4 is 10.6 Å². The van der Waals surface area contributed by atoms with Crippen molar-refractivity contribution in [2.75, 3.05) is 18.1 Å². The van der Waals surface area contributed by atoms with Crippen molar-refractivity contribution in [3.8, 4) is 0 Å². The molecule has 0 bridgehead atoms. The lowest BCUT2D eigenvalue weighted by Crippen LogP contribution is -2.45. The fourth-order valence-electron chi connectivity index (χ4n) is 2.38. The summed E-state index contributed by atoms with van der Waals surface area (Å²) in [5, 5.41) is 15.1. The summed E-state index contributed by atoms with van der Waals surface area (Å²) in [5.74, 6) is 2.18. The molecule has 1 aliphatic rings. The first-order valence-corrected chi connectivity index (χ1v) is 8.25. The predicted molar refractivity (Wildman–Crippen MR) is 82.9 cm³/mol. The van der Waals surface area contributed by atoms with Gasteiger partial charge in [0.05, 0.1) is 6.04 Å². The van der Waals surface area contributed by atoms with Gasteiger partial charge in [0.1, 0.15) is 0 Å². The lowest BCUT2D eigenvalue weighted by molar-refractivity contribution is 0.226. The Bertz CT molecular complexity index is 408. The maximum atomic E-state index is 12.1. The van der Waals surface area contributed by atoms with Crippen LogP contribution in [-0.4, -0.2) is 35.3 Å². The van der Waals surface area contributed by atoms with Crippen molar-refractivity contribution in [3.63, 3.8) is 0 Å². The number of amides is 2. The van der Waals surface area contributed by atoms with Crippen molar-refractivity contribution in [1.82, 2.24) is 10.6 Å². The molecule has 2 rings (SSSR count). The van der Waals surface area contributed by atoms with Gasteiger partial charge in [-0.1, -0.05) is 30.3 Å². The smallest absolute Gasteiger partial charge is 0.315 e. The molecular formula is C15H22N2O2S. The molecule has 1 aliphatic heterocycles. The highest BCUT2D eigenvalue weighted by atomic mass is 32.2. The van der Waals surface area contributed by atoms with E-state index in [1.165, 1.54) is 5.75 Å². The predicted octanol–water partition coefficient (Wildman–Crippen LogP) is 2.30. The Kier molecular flexibility index (Phi) is 6.21. The van der Waals surface area contributed by atoms with Crippen LogP contribution in [-0.2, 0) is 0 Å². The van der Waals surface area contributed by atoms with Crippen molar-refractivity contribution in [1.29, 1.82) is 0 Å². The van der Waals surface area contributed by atoms with E-state index in [1.54, 1.807) is 0 Å². The van der Waals surface area contributed by atoms with Crippen LogP contribution >= 0.6 is 11.8 Å². The normalized spacial score (nSPS) is 20.1. The number of rotatable bonds is 5. The van der Waals surface area contributed by atoms with Crippen LogP contribution in [0.25, 0.3) is 0 Å². The summed E-state index contributed by atoms with van der Waals surface area (Å²) in [6.45, 7) is 0.0547. The molecule has 3 N–H and O–H groups in total. The molecule has 1 aromatic rings. The standard InChI is InChI=1S/C15H22N2O2S/c18-9-8-14(12-5-2-1-3-6-12)17-15(19)16-13-7-4-10-20-11-13/h1-3,5-6,13-14,18H,4,7-11H2,(H2,16,17,19)/t13?,14-/m1/s1. The van der Waals surface area contributed by atoms with E-state index < -0.39 is 0 Å². The molecule has 0 radical (unpaired) electrons. The molecule has 1 saturated heterocycles. The summed E-state index contributed by atoms with van der Waals surface area (Å²) in [6.07, 6.45) is 2.74. The third-order valence-corrected chi connectivity index (χ3v) is 4.64. The highest BCUT2D eigenvalue weighted by molar-refractivity contribution is 7.99. The Morgan fingerprint density at radius 2 is 2.20 bits per heavy atom. The molecule has 0 aliphatic carbocycles. The molecular weight excluding hydrogens is 272 g/mol. The number of hydrogen-bond donors (Lipinski definition) is 3. The molecule has 2 atom stereocenters. The summed E-state index contributed by atoms with van der Waals surface area (Å²) in [7, 11) is 0. The minimum Gasteiger partial charge on any atom is -0.396 e. The number of aliphatic hydroxyl groups excluding tert-OH is 1. The lowest BCUT2D eigenvalue weighted by atomic mass is 10.0. The molecule has 1 aromatic carbocycles. The Hall–Kier alpha value is -1.20. The largest absolute Gasteiger partial charge is 0.396 e. The van der Waals surface area contributed by atoms with Gasteiger partial charge >= 0.3 is 6.03 Å². The molecule has 110 valence electrons. The molecule has 5 heteroatoms. The Balaban J connectivity index is 1.88. The minimum absolute atomic E-state index is 0.0547. The van der Waals surface area contributed by atoms with Gasteiger partial charge in [-0.2, -0.15) is 11.8 Å². The highest BCUT2D eigenvalue weighted by Crippen LogP contribution is 2.18. The van der Waals surface area contributed by atoms with Gasteiger partial charge in [-0.3, -0.25) is 0 Å². The SMILES string of the molecule is O=C(NC1CCCSC1)N[C@H](CCO)c1ccccc1. The van der Waals surface area contributed by atoms with Crippen molar-refractivity contribution >= 4 is 17.8 Å². The quantitative estimate of drug-likeness (QED) is 0.781. The second-order valence-electron chi connectivity index (χ2n) is 5.01. The highest BCUT2D eigenvalue weighted by Gasteiger charge is 2.18. The van der Waals surface area contributed by atoms with Crippen LogP contribution in [0.5, 0.6) is 0 Å². The monoisotopic (exact) mass is 294 g/mol. The van der Waals surface area contributed by atoms with Crippen LogP contribution in [0.4, 0.5) is 4.79 Å². The van der Waals surface area contributed by atoms with Crippen LogP contribution in [0.1, 0.15) is 30.9 Å².